The molecule has 5 nitrogen and oxygen atoms in total. The van der Waals surface area contributed by atoms with Crippen LogP contribution >= 0.6 is 11.6 Å². The van der Waals surface area contributed by atoms with Crippen molar-refractivity contribution in [3.63, 3.8) is 0 Å². The van der Waals surface area contributed by atoms with Crippen LogP contribution in [0.2, 0.25) is 5.02 Å². The number of benzene rings is 1. The lowest BCUT2D eigenvalue weighted by atomic mass is 9.96. The molecule has 0 saturated carbocycles. The highest BCUT2D eigenvalue weighted by atomic mass is 35.5. The summed E-state index contributed by atoms with van der Waals surface area (Å²) in [6, 6.07) is 6.22. The molecule has 0 radical (unpaired) electrons. The van der Waals surface area contributed by atoms with E-state index in [-0.39, 0.29) is 40.6 Å². The maximum absolute atomic E-state index is 13.6. The average Bonchev–Trinajstić information content (AvgIpc) is 3.07. The lowest BCUT2D eigenvalue weighted by Gasteiger charge is -2.17. The minimum absolute atomic E-state index is 0.0371. The number of hydrogen-bond donors (Lipinski definition) is 2. The van der Waals surface area contributed by atoms with Crippen molar-refractivity contribution in [3.8, 4) is 5.75 Å². The number of carbonyl (C=O) groups excluding carboxylic acids is 1. The molecule has 9 heteroatoms. The number of amides is 1. The zero-order valence-corrected chi connectivity index (χ0v) is 16.2. The minimum Gasteiger partial charge on any atom is -0.493 e. The van der Waals surface area contributed by atoms with Gasteiger partial charge in [-0.25, -0.2) is 0 Å². The Morgan fingerprint density at radius 2 is 2.03 bits per heavy atom. The number of nitrogens with one attached hydrogen (secondary N) is 2. The highest BCUT2D eigenvalue weighted by Crippen LogP contribution is 2.39. The maximum Gasteiger partial charge on any atom is 0.419 e. The second-order valence-electron chi connectivity index (χ2n) is 6.48. The Labute approximate surface area is 169 Å². The summed E-state index contributed by atoms with van der Waals surface area (Å²) in [5.74, 6) is -0.417. The van der Waals surface area contributed by atoms with E-state index in [4.69, 9.17) is 16.3 Å². The van der Waals surface area contributed by atoms with Crippen LogP contribution < -0.4 is 15.6 Å². The molecule has 1 saturated heterocycles. The van der Waals surface area contributed by atoms with Gasteiger partial charge in [-0.2, -0.15) is 13.2 Å². The van der Waals surface area contributed by atoms with Gasteiger partial charge in [0.25, 0.3) is 5.56 Å². The Balaban J connectivity index is 2.15. The van der Waals surface area contributed by atoms with Crippen LogP contribution in [0.4, 0.5) is 13.2 Å². The predicted octanol–water partition coefficient (Wildman–Crippen LogP) is 4.16. The molecule has 0 aliphatic carbocycles. The molecule has 2 N–H and O–H groups in total. The third-order valence-corrected chi connectivity index (χ3v) is 4.74. The van der Waals surface area contributed by atoms with Crippen LogP contribution in [0.5, 0.6) is 5.75 Å². The predicted molar refractivity (Wildman–Crippen MR) is 103 cm³/mol. The number of alkyl halides is 3. The fraction of sp³-hybridized carbons (Fsp3) is 0.300. The molecule has 2 aromatic rings. The third kappa shape index (κ3) is 4.82. The molecule has 1 aromatic heterocycles. The standard InChI is InChI=1S/C20H18ClF3N2O3/c1-2-29-17-7-3-11(9-14(17)20(22,23)24)13(10-12-4-8-18(27)25-12)16-6-5-15(21)19(28)26-16/h3,5-7,9-10,12H,2,4,8H2,1H3,(H,25,27)(H,26,28)/b13-10+. The second-order valence-corrected chi connectivity index (χ2v) is 6.89. The smallest absolute Gasteiger partial charge is 0.419 e. The van der Waals surface area contributed by atoms with Crippen LogP contribution in [-0.4, -0.2) is 23.5 Å². The monoisotopic (exact) mass is 426 g/mol. The van der Waals surface area contributed by atoms with Gasteiger partial charge in [0.15, 0.2) is 0 Å². The number of rotatable bonds is 5. The summed E-state index contributed by atoms with van der Waals surface area (Å²) in [6.07, 6.45) is -2.16. The van der Waals surface area contributed by atoms with E-state index in [1.54, 1.807) is 13.0 Å². The zero-order chi connectivity index (χ0) is 21.2. The van der Waals surface area contributed by atoms with E-state index in [1.807, 2.05) is 0 Å². The largest absolute Gasteiger partial charge is 0.493 e. The molecule has 3 rings (SSSR count). The minimum atomic E-state index is -4.62. The topological polar surface area (TPSA) is 71.2 Å². The molecule has 1 atom stereocenters. The highest BCUT2D eigenvalue weighted by Gasteiger charge is 2.35. The molecule has 154 valence electrons. The first-order valence-electron chi connectivity index (χ1n) is 8.94. The number of aromatic amines is 1. The van der Waals surface area contributed by atoms with Crippen LogP contribution in [0.3, 0.4) is 0 Å². The lowest BCUT2D eigenvalue weighted by Crippen LogP contribution is -2.23. The first kappa shape index (κ1) is 21.0. The van der Waals surface area contributed by atoms with E-state index in [0.29, 0.717) is 18.4 Å². The van der Waals surface area contributed by atoms with Crippen molar-refractivity contribution in [1.82, 2.24) is 10.3 Å². The summed E-state index contributed by atoms with van der Waals surface area (Å²) in [5, 5.41) is 2.71. The first-order chi connectivity index (χ1) is 13.7. The van der Waals surface area contributed by atoms with Crippen LogP contribution in [0.25, 0.3) is 5.57 Å². The molecular weight excluding hydrogens is 409 g/mol. The van der Waals surface area contributed by atoms with Crippen molar-refractivity contribution in [2.45, 2.75) is 32.0 Å². The van der Waals surface area contributed by atoms with E-state index >= 15 is 0 Å². The van der Waals surface area contributed by atoms with Crippen molar-refractivity contribution < 1.29 is 22.7 Å². The molecule has 1 aromatic carbocycles. The lowest BCUT2D eigenvalue weighted by molar-refractivity contribution is -0.139. The van der Waals surface area contributed by atoms with Gasteiger partial charge in [0.05, 0.1) is 12.2 Å². The zero-order valence-electron chi connectivity index (χ0n) is 15.4. The van der Waals surface area contributed by atoms with E-state index in [0.717, 1.165) is 6.07 Å². The molecule has 1 fully saturated rings. The molecule has 1 unspecified atom stereocenters. The van der Waals surface area contributed by atoms with Crippen molar-refractivity contribution in [1.29, 1.82) is 0 Å². The number of halogens is 4. The number of H-pyrrole nitrogens is 1. The average molecular weight is 427 g/mol. The number of carbonyl (C=O) groups is 1. The Kier molecular flexibility index (Phi) is 6.02. The number of ether oxygens (including phenoxy) is 1. The van der Waals surface area contributed by atoms with Gasteiger partial charge in [0, 0.05) is 23.7 Å². The van der Waals surface area contributed by atoms with Crippen LogP contribution in [-0.2, 0) is 11.0 Å². The quantitative estimate of drug-likeness (QED) is 0.754. The van der Waals surface area contributed by atoms with Crippen LogP contribution in [0.15, 0.2) is 41.2 Å². The van der Waals surface area contributed by atoms with Gasteiger partial charge >= 0.3 is 6.18 Å². The fourth-order valence-corrected chi connectivity index (χ4v) is 3.23. The molecule has 1 aliphatic rings. The molecule has 0 bridgehead atoms. The van der Waals surface area contributed by atoms with Gasteiger partial charge in [-0.3, -0.25) is 9.59 Å². The Morgan fingerprint density at radius 1 is 1.28 bits per heavy atom. The van der Waals surface area contributed by atoms with Crippen molar-refractivity contribution in [2.75, 3.05) is 6.61 Å². The van der Waals surface area contributed by atoms with Gasteiger partial charge in [-0.05, 0) is 43.2 Å². The van der Waals surface area contributed by atoms with Gasteiger partial charge in [-0.1, -0.05) is 23.7 Å². The molecule has 29 heavy (non-hydrogen) atoms. The molecule has 0 spiro atoms. The Morgan fingerprint density at radius 3 is 2.62 bits per heavy atom. The summed E-state index contributed by atoms with van der Waals surface area (Å²) in [5.41, 5.74) is -0.626. The summed E-state index contributed by atoms with van der Waals surface area (Å²) in [7, 11) is 0. The Hall–Kier alpha value is -2.74. The van der Waals surface area contributed by atoms with Crippen LogP contribution in [0, 0.1) is 0 Å². The van der Waals surface area contributed by atoms with E-state index in [2.05, 4.69) is 10.3 Å². The fourth-order valence-electron chi connectivity index (χ4n) is 3.12. The van der Waals surface area contributed by atoms with Gasteiger partial charge in [-0.15, -0.1) is 0 Å². The van der Waals surface area contributed by atoms with Gasteiger partial charge in [0.2, 0.25) is 5.91 Å². The third-order valence-electron chi connectivity index (χ3n) is 4.44. The van der Waals surface area contributed by atoms with Crippen molar-refractivity contribution in [2.24, 2.45) is 0 Å². The van der Waals surface area contributed by atoms with Crippen molar-refractivity contribution >= 4 is 23.1 Å². The SMILES string of the molecule is CCOc1ccc(/C(=C\C2CCC(=O)N2)c2ccc(Cl)c(=O)[nH]2)cc1C(F)(F)F. The van der Waals surface area contributed by atoms with Gasteiger partial charge < -0.3 is 15.0 Å². The van der Waals surface area contributed by atoms with E-state index < -0.39 is 17.3 Å². The molecule has 1 amide bonds. The molecule has 2 heterocycles. The second kappa shape index (κ2) is 8.32. The molecule has 1 aliphatic heterocycles. The highest BCUT2D eigenvalue weighted by molar-refractivity contribution is 6.30. The van der Waals surface area contributed by atoms with Crippen LogP contribution in [0.1, 0.15) is 36.6 Å². The van der Waals surface area contributed by atoms with E-state index in [9.17, 15) is 22.8 Å². The van der Waals surface area contributed by atoms with E-state index in [1.165, 1.54) is 24.3 Å². The number of hydrogen-bond acceptors (Lipinski definition) is 3. The summed E-state index contributed by atoms with van der Waals surface area (Å²) < 4.78 is 45.8. The normalized spacial score (nSPS) is 17.3. The maximum atomic E-state index is 13.6. The summed E-state index contributed by atoms with van der Waals surface area (Å²) in [4.78, 5) is 26.1. The Bertz CT molecular complexity index is 1010. The van der Waals surface area contributed by atoms with Crippen molar-refractivity contribution in [3.05, 3.63) is 68.6 Å². The summed E-state index contributed by atoms with van der Waals surface area (Å²) in [6.45, 7) is 1.68. The number of aromatic nitrogens is 1. The van der Waals surface area contributed by atoms with Gasteiger partial charge in [0.1, 0.15) is 10.8 Å². The number of pyridine rings is 1. The first-order valence-corrected chi connectivity index (χ1v) is 9.31. The summed E-state index contributed by atoms with van der Waals surface area (Å²) >= 11 is 5.78. The molecular formula is C20H18ClF3N2O3.